The van der Waals surface area contributed by atoms with Gasteiger partial charge in [-0.2, -0.15) is 0 Å². The van der Waals surface area contributed by atoms with E-state index >= 15 is 0 Å². The summed E-state index contributed by atoms with van der Waals surface area (Å²) in [5.74, 6) is -0.388. The number of furan rings is 1. The number of fused-ring (bicyclic) bond motifs is 1. The summed E-state index contributed by atoms with van der Waals surface area (Å²) in [6.07, 6.45) is 2.06. The molecule has 0 bridgehead atoms. The molecule has 0 fully saturated rings. The molecule has 0 radical (unpaired) electrons. The number of anilines is 1. The average molecular weight is 486 g/mol. The van der Waals surface area contributed by atoms with E-state index in [0.29, 0.717) is 27.6 Å². The summed E-state index contributed by atoms with van der Waals surface area (Å²) in [4.78, 5) is 42.1. The van der Waals surface area contributed by atoms with E-state index in [2.05, 4.69) is 15.6 Å². The monoisotopic (exact) mass is 485 g/mol. The van der Waals surface area contributed by atoms with E-state index in [4.69, 9.17) is 13.9 Å². The van der Waals surface area contributed by atoms with Crippen molar-refractivity contribution < 1.29 is 33.4 Å². The summed E-state index contributed by atoms with van der Waals surface area (Å²) in [5.41, 5.74) is 0.816. The number of aromatic nitrogens is 1. The van der Waals surface area contributed by atoms with Crippen LogP contribution in [0.25, 0.3) is 0 Å². The van der Waals surface area contributed by atoms with Gasteiger partial charge in [0.15, 0.2) is 10.9 Å². The SMILES string of the molecule is COc1cccc(OCC(O)CNC(=O)C2CC(=O)c3sc(NC(=O)c4ccoc4)nc3C2)c1. The van der Waals surface area contributed by atoms with Crippen LogP contribution in [-0.4, -0.2) is 54.1 Å². The number of Topliss-reactive ketones (excluding diaryl/α,β-unsaturated/α-hetero) is 1. The smallest absolute Gasteiger partial charge is 0.260 e. The number of ketones is 1. The van der Waals surface area contributed by atoms with Crippen LogP contribution in [0, 0.1) is 5.92 Å². The number of ether oxygens (including phenoxy) is 2. The lowest BCUT2D eigenvalue weighted by atomic mass is 9.89. The molecule has 2 atom stereocenters. The lowest BCUT2D eigenvalue weighted by Gasteiger charge is -2.20. The van der Waals surface area contributed by atoms with Gasteiger partial charge in [-0.25, -0.2) is 4.98 Å². The molecular formula is C23H23N3O7S. The molecule has 2 heterocycles. The fourth-order valence-corrected chi connectivity index (χ4v) is 4.37. The van der Waals surface area contributed by atoms with Crippen LogP contribution in [0.5, 0.6) is 11.5 Å². The highest BCUT2D eigenvalue weighted by atomic mass is 32.1. The van der Waals surface area contributed by atoms with Gasteiger partial charge < -0.3 is 24.3 Å². The summed E-state index contributed by atoms with van der Waals surface area (Å²) in [6, 6.07) is 8.49. The normalized spacial score (nSPS) is 15.8. The van der Waals surface area contributed by atoms with Gasteiger partial charge in [0.25, 0.3) is 5.91 Å². The zero-order valence-electron chi connectivity index (χ0n) is 18.3. The Balaban J connectivity index is 1.28. The highest BCUT2D eigenvalue weighted by molar-refractivity contribution is 7.17. The number of benzene rings is 1. The molecule has 3 N–H and O–H groups in total. The van der Waals surface area contributed by atoms with Crippen molar-refractivity contribution in [2.75, 3.05) is 25.6 Å². The Morgan fingerprint density at radius 3 is 2.88 bits per heavy atom. The summed E-state index contributed by atoms with van der Waals surface area (Å²) in [7, 11) is 1.55. The fourth-order valence-electron chi connectivity index (χ4n) is 3.44. The first-order valence-electron chi connectivity index (χ1n) is 10.5. The number of aliphatic hydroxyl groups excluding tert-OH is 1. The van der Waals surface area contributed by atoms with Gasteiger partial charge in [0.1, 0.15) is 30.5 Å². The van der Waals surface area contributed by atoms with Crippen molar-refractivity contribution in [2.24, 2.45) is 5.92 Å². The third-order valence-corrected chi connectivity index (χ3v) is 6.25. The van der Waals surface area contributed by atoms with Crippen molar-refractivity contribution >= 4 is 34.1 Å². The Morgan fingerprint density at radius 2 is 2.12 bits per heavy atom. The second-order valence-electron chi connectivity index (χ2n) is 7.68. The van der Waals surface area contributed by atoms with Gasteiger partial charge in [-0.15, -0.1) is 0 Å². The van der Waals surface area contributed by atoms with Gasteiger partial charge in [-0.05, 0) is 18.2 Å². The van der Waals surface area contributed by atoms with Crippen LogP contribution in [0.15, 0.2) is 47.3 Å². The minimum atomic E-state index is -0.936. The molecule has 0 saturated heterocycles. The summed E-state index contributed by atoms with van der Waals surface area (Å²) in [5, 5.41) is 15.8. The highest BCUT2D eigenvalue weighted by Crippen LogP contribution is 2.32. The minimum absolute atomic E-state index is 0.0208. The molecule has 3 aromatic rings. The number of aliphatic hydroxyl groups is 1. The quantitative estimate of drug-likeness (QED) is 0.419. The van der Waals surface area contributed by atoms with E-state index in [1.54, 1.807) is 31.4 Å². The number of rotatable bonds is 9. The number of nitrogens with one attached hydrogen (secondary N) is 2. The molecule has 11 heteroatoms. The molecule has 0 spiro atoms. The van der Waals surface area contributed by atoms with E-state index in [-0.39, 0.29) is 42.8 Å². The molecule has 2 amide bonds. The van der Waals surface area contributed by atoms with Gasteiger partial charge >= 0.3 is 0 Å². The first-order valence-corrected chi connectivity index (χ1v) is 11.3. The number of hydrogen-bond donors (Lipinski definition) is 3. The average Bonchev–Trinajstić information content (AvgIpc) is 3.51. The fraction of sp³-hybridized carbons (Fsp3) is 0.304. The minimum Gasteiger partial charge on any atom is -0.497 e. The van der Waals surface area contributed by atoms with E-state index < -0.39 is 17.9 Å². The van der Waals surface area contributed by atoms with Crippen LogP contribution in [0.3, 0.4) is 0 Å². The van der Waals surface area contributed by atoms with Crippen LogP contribution in [0.1, 0.15) is 32.1 Å². The molecule has 34 heavy (non-hydrogen) atoms. The van der Waals surface area contributed by atoms with Crippen LogP contribution < -0.4 is 20.1 Å². The zero-order valence-corrected chi connectivity index (χ0v) is 19.1. The van der Waals surface area contributed by atoms with Crippen molar-refractivity contribution in [3.8, 4) is 11.5 Å². The highest BCUT2D eigenvalue weighted by Gasteiger charge is 2.33. The van der Waals surface area contributed by atoms with Gasteiger partial charge in [0, 0.05) is 25.5 Å². The third kappa shape index (κ3) is 5.61. The molecule has 1 aliphatic rings. The van der Waals surface area contributed by atoms with Crippen molar-refractivity contribution in [2.45, 2.75) is 18.9 Å². The number of methoxy groups -OCH3 is 1. The first kappa shape index (κ1) is 23.5. The Morgan fingerprint density at radius 1 is 1.29 bits per heavy atom. The molecule has 2 unspecified atom stereocenters. The van der Waals surface area contributed by atoms with Crippen LogP contribution >= 0.6 is 11.3 Å². The van der Waals surface area contributed by atoms with Crippen molar-refractivity contribution in [3.63, 3.8) is 0 Å². The standard InChI is InChI=1S/C23H23N3O7S/c1-31-16-3-2-4-17(9-16)33-12-15(27)10-24-21(29)14-7-18-20(19(28)8-14)34-23(25-18)26-22(30)13-5-6-32-11-13/h2-6,9,11,14-15,27H,7-8,10,12H2,1H3,(H,24,29)(H,25,26,30). The van der Waals surface area contributed by atoms with Gasteiger partial charge in [-0.1, -0.05) is 17.4 Å². The Bertz CT molecular complexity index is 1180. The maximum Gasteiger partial charge on any atom is 0.260 e. The number of hydrogen-bond acceptors (Lipinski definition) is 9. The largest absolute Gasteiger partial charge is 0.497 e. The van der Waals surface area contributed by atoms with Crippen molar-refractivity contribution in [1.82, 2.24) is 10.3 Å². The molecule has 0 saturated carbocycles. The van der Waals surface area contributed by atoms with E-state index in [1.165, 1.54) is 18.6 Å². The second-order valence-corrected chi connectivity index (χ2v) is 8.68. The Kier molecular flexibility index (Phi) is 7.24. The van der Waals surface area contributed by atoms with Crippen molar-refractivity contribution in [3.05, 3.63) is 59.0 Å². The molecular weight excluding hydrogens is 462 g/mol. The van der Waals surface area contributed by atoms with E-state index in [1.807, 2.05) is 0 Å². The van der Waals surface area contributed by atoms with E-state index in [0.717, 1.165) is 11.3 Å². The van der Waals surface area contributed by atoms with E-state index in [9.17, 15) is 19.5 Å². The lowest BCUT2D eigenvalue weighted by molar-refractivity contribution is -0.125. The van der Waals surface area contributed by atoms with Gasteiger partial charge in [0.2, 0.25) is 5.91 Å². The molecule has 178 valence electrons. The maximum atomic E-state index is 12.6. The van der Waals surface area contributed by atoms with Crippen LogP contribution in [0.4, 0.5) is 5.13 Å². The predicted octanol–water partition coefficient (Wildman–Crippen LogP) is 2.30. The number of amides is 2. The van der Waals surface area contributed by atoms with Gasteiger partial charge in [-0.3, -0.25) is 19.7 Å². The molecule has 1 aromatic carbocycles. The number of carbonyl (C=O) groups is 3. The molecule has 1 aliphatic carbocycles. The summed E-state index contributed by atoms with van der Waals surface area (Å²) in [6.45, 7) is -0.0452. The Hall–Kier alpha value is -3.70. The lowest BCUT2D eigenvalue weighted by Crippen LogP contribution is -2.40. The third-order valence-electron chi connectivity index (χ3n) is 5.19. The summed E-state index contributed by atoms with van der Waals surface area (Å²) < 4.78 is 15.5. The zero-order chi connectivity index (χ0) is 24.1. The summed E-state index contributed by atoms with van der Waals surface area (Å²) >= 11 is 1.09. The topological polar surface area (TPSA) is 140 Å². The number of carbonyl (C=O) groups excluding carboxylic acids is 3. The number of nitrogens with zero attached hydrogens (tertiary/aromatic N) is 1. The Labute approximate surface area is 198 Å². The second kappa shape index (κ2) is 10.5. The van der Waals surface area contributed by atoms with Crippen LogP contribution in [0.2, 0.25) is 0 Å². The van der Waals surface area contributed by atoms with Crippen molar-refractivity contribution in [1.29, 1.82) is 0 Å². The van der Waals surface area contributed by atoms with Crippen LogP contribution in [-0.2, 0) is 11.2 Å². The van der Waals surface area contributed by atoms with Gasteiger partial charge in [0.05, 0.1) is 35.4 Å². The predicted molar refractivity (Wildman–Crippen MR) is 122 cm³/mol. The molecule has 10 nitrogen and oxygen atoms in total. The molecule has 4 rings (SSSR count). The maximum absolute atomic E-state index is 12.6. The number of thiazole rings is 1. The molecule has 0 aliphatic heterocycles. The first-order chi connectivity index (χ1) is 16.4. The molecule has 2 aromatic heterocycles.